The Kier molecular flexibility index (Phi) is 8.62. The maximum absolute atomic E-state index is 13.9. The third-order valence-electron chi connectivity index (χ3n) is 6.57. The minimum absolute atomic E-state index is 0.0149. The van der Waals surface area contributed by atoms with Crippen LogP contribution in [0, 0.1) is 12.7 Å². The molecule has 0 spiro atoms. The minimum Gasteiger partial charge on any atom is -0.495 e. The van der Waals surface area contributed by atoms with Crippen LogP contribution in [0.3, 0.4) is 0 Å². The van der Waals surface area contributed by atoms with Crippen molar-refractivity contribution in [3.8, 4) is 5.75 Å². The van der Waals surface area contributed by atoms with E-state index < -0.39 is 21.5 Å². The second-order valence-corrected chi connectivity index (χ2v) is 12.2. The molecule has 0 bridgehead atoms. The molecule has 0 aliphatic heterocycles. The topological polar surface area (TPSA) is 131 Å². The van der Waals surface area contributed by atoms with Gasteiger partial charge in [-0.2, -0.15) is 8.42 Å². The predicted molar refractivity (Wildman–Crippen MR) is 144 cm³/mol. The van der Waals surface area contributed by atoms with Crippen molar-refractivity contribution in [1.29, 1.82) is 0 Å². The number of hydrogen-bond acceptors (Lipinski definition) is 8. The molecule has 0 atom stereocenters. The van der Waals surface area contributed by atoms with E-state index in [4.69, 9.17) is 4.74 Å². The highest BCUT2D eigenvalue weighted by atomic mass is 32.2. The van der Waals surface area contributed by atoms with Crippen molar-refractivity contribution in [3.63, 3.8) is 0 Å². The average Bonchev–Trinajstić information content (AvgIpc) is 3.64. The number of benzene rings is 1. The first kappa shape index (κ1) is 28.6. The number of carbonyl (C=O) groups is 2. The van der Waals surface area contributed by atoms with Crippen LogP contribution in [-0.4, -0.2) is 55.8 Å². The van der Waals surface area contributed by atoms with E-state index in [1.54, 1.807) is 43.3 Å². The normalized spacial score (nSPS) is 14.1. The number of pyridine rings is 1. The molecule has 0 radical (unpaired) electrons. The van der Waals surface area contributed by atoms with Crippen LogP contribution in [0.1, 0.15) is 50.9 Å². The quantitative estimate of drug-likeness (QED) is 0.340. The summed E-state index contributed by atoms with van der Waals surface area (Å²) < 4.78 is 46.3. The molecule has 10 nitrogen and oxygen atoms in total. The number of hydrogen-bond donors (Lipinski definition) is 2. The fourth-order valence-corrected chi connectivity index (χ4v) is 5.71. The van der Waals surface area contributed by atoms with Crippen LogP contribution in [0.25, 0.3) is 0 Å². The van der Waals surface area contributed by atoms with Crippen molar-refractivity contribution in [2.75, 3.05) is 20.7 Å². The average molecular weight is 576 g/mol. The number of ether oxygens (including phenoxy) is 1. The van der Waals surface area contributed by atoms with E-state index in [0.29, 0.717) is 53.6 Å². The van der Waals surface area contributed by atoms with Crippen LogP contribution < -0.4 is 14.2 Å². The number of rotatable bonds is 12. The van der Waals surface area contributed by atoms with Gasteiger partial charge in [0.1, 0.15) is 22.3 Å². The Hall–Kier alpha value is -3.42. The molecule has 4 rings (SSSR count). The lowest BCUT2D eigenvalue weighted by Gasteiger charge is -2.27. The van der Waals surface area contributed by atoms with Gasteiger partial charge in [-0.3, -0.25) is 14.6 Å². The van der Waals surface area contributed by atoms with Crippen molar-refractivity contribution in [2.24, 2.45) is 0 Å². The third-order valence-corrected chi connectivity index (χ3v) is 8.52. The Morgan fingerprint density at radius 1 is 1.23 bits per heavy atom. The van der Waals surface area contributed by atoms with E-state index in [0.717, 1.165) is 5.56 Å². The molecular formula is C26H30FN5O5S2. The van der Waals surface area contributed by atoms with Crippen LogP contribution in [0.2, 0.25) is 0 Å². The van der Waals surface area contributed by atoms with Gasteiger partial charge in [-0.05, 0) is 62.4 Å². The Balaban J connectivity index is 1.56. The molecule has 39 heavy (non-hydrogen) atoms. The van der Waals surface area contributed by atoms with Gasteiger partial charge in [0.2, 0.25) is 5.91 Å². The van der Waals surface area contributed by atoms with Crippen LogP contribution in [-0.2, 0) is 33.4 Å². The number of aromatic nitrogens is 2. The van der Waals surface area contributed by atoms with Crippen LogP contribution in [0.4, 0.5) is 4.39 Å². The summed E-state index contributed by atoms with van der Waals surface area (Å²) in [5.74, 6) is -0.670. The molecule has 1 fully saturated rings. The fraction of sp³-hybridized carbons (Fsp3) is 0.385. The third kappa shape index (κ3) is 6.78. The van der Waals surface area contributed by atoms with Crippen molar-refractivity contribution in [3.05, 3.63) is 75.2 Å². The monoisotopic (exact) mass is 575 g/mol. The molecule has 2 heterocycles. The molecule has 208 valence electrons. The second-order valence-electron chi connectivity index (χ2n) is 9.28. The van der Waals surface area contributed by atoms with Gasteiger partial charge in [-0.25, -0.2) is 18.8 Å². The Morgan fingerprint density at radius 2 is 2.00 bits per heavy atom. The lowest BCUT2D eigenvalue weighted by atomic mass is 9.99. The van der Waals surface area contributed by atoms with Crippen LogP contribution in [0.15, 0.2) is 42.6 Å². The number of nitrogens with one attached hydrogen (secondary N) is 2. The van der Waals surface area contributed by atoms with E-state index in [1.165, 1.54) is 30.5 Å². The van der Waals surface area contributed by atoms with Gasteiger partial charge in [-0.1, -0.05) is 12.1 Å². The summed E-state index contributed by atoms with van der Waals surface area (Å²) in [4.78, 5) is 37.5. The molecule has 1 aromatic carbocycles. The standard InChI is InChI=1S/C26H30FN5O5S2/c1-17-23(24(33)31-39(35,36)28-2)30-22(38-17)16-32(13-5-7-18-6-4-8-19(27)14-18)25(34)26(11-12-26)21-10-9-20(37-3)15-29-21/h4,6,8-10,14-15,28H,5,7,11-13,16H2,1-3H3,(H,31,33). The zero-order valence-electron chi connectivity index (χ0n) is 21.9. The molecule has 13 heteroatoms. The number of carbonyl (C=O) groups excluding carboxylic acids is 2. The second kappa shape index (κ2) is 11.8. The number of thiazole rings is 1. The molecule has 1 saturated carbocycles. The number of amides is 2. The highest BCUT2D eigenvalue weighted by Crippen LogP contribution is 2.49. The zero-order valence-corrected chi connectivity index (χ0v) is 23.5. The van der Waals surface area contributed by atoms with Gasteiger partial charge in [0, 0.05) is 18.5 Å². The van der Waals surface area contributed by atoms with E-state index in [9.17, 15) is 22.4 Å². The first-order valence-electron chi connectivity index (χ1n) is 12.3. The zero-order chi connectivity index (χ0) is 28.2. The molecular weight excluding hydrogens is 545 g/mol. The summed E-state index contributed by atoms with van der Waals surface area (Å²) in [6.07, 6.45) is 4.04. The van der Waals surface area contributed by atoms with Crippen LogP contribution in [0.5, 0.6) is 5.75 Å². The summed E-state index contributed by atoms with van der Waals surface area (Å²) in [7, 11) is -1.25. The fourth-order valence-electron chi connectivity index (χ4n) is 4.32. The molecule has 1 aliphatic rings. The SMILES string of the molecule is CNS(=O)(=O)NC(=O)c1nc(CN(CCCc2cccc(F)c2)C(=O)C2(c3ccc(OC)cn3)CC2)sc1C. The molecule has 1 aliphatic carbocycles. The van der Waals surface area contributed by atoms with E-state index in [2.05, 4.69) is 9.97 Å². The van der Waals surface area contributed by atoms with Crippen LogP contribution >= 0.6 is 11.3 Å². The van der Waals surface area contributed by atoms with E-state index >= 15 is 0 Å². The van der Waals surface area contributed by atoms with E-state index in [1.807, 2.05) is 15.5 Å². The Morgan fingerprint density at radius 3 is 2.62 bits per heavy atom. The van der Waals surface area contributed by atoms with Gasteiger partial charge in [0.15, 0.2) is 0 Å². The molecule has 0 unspecified atom stereocenters. The highest BCUT2D eigenvalue weighted by molar-refractivity contribution is 7.88. The largest absolute Gasteiger partial charge is 0.495 e. The highest BCUT2D eigenvalue weighted by Gasteiger charge is 2.54. The van der Waals surface area contributed by atoms with Crippen molar-refractivity contribution < 1.29 is 27.1 Å². The number of halogens is 1. The maximum atomic E-state index is 13.9. The van der Waals surface area contributed by atoms with Crippen molar-refractivity contribution in [1.82, 2.24) is 24.3 Å². The van der Waals surface area contributed by atoms with Gasteiger partial charge < -0.3 is 9.64 Å². The maximum Gasteiger partial charge on any atom is 0.301 e. The molecule has 2 N–H and O–H groups in total. The van der Waals surface area contributed by atoms with E-state index in [-0.39, 0.29) is 24.0 Å². The summed E-state index contributed by atoms with van der Waals surface area (Å²) >= 11 is 1.22. The van der Waals surface area contributed by atoms with Crippen molar-refractivity contribution >= 4 is 33.4 Å². The summed E-state index contributed by atoms with van der Waals surface area (Å²) in [5.41, 5.74) is 0.726. The lowest BCUT2D eigenvalue weighted by molar-refractivity contribution is -0.134. The molecule has 2 amide bonds. The summed E-state index contributed by atoms with van der Waals surface area (Å²) in [5, 5.41) is 0.497. The van der Waals surface area contributed by atoms with Gasteiger partial charge in [-0.15, -0.1) is 11.3 Å². The minimum atomic E-state index is -3.99. The van der Waals surface area contributed by atoms with Crippen molar-refractivity contribution in [2.45, 2.75) is 44.6 Å². The summed E-state index contributed by atoms with van der Waals surface area (Å²) in [6, 6.07) is 9.93. The Labute approximate surface area is 230 Å². The molecule has 0 saturated heterocycles. The van der Waals surface area contributed by atoms with Gasteiger partial charge >= 0.3 is 10.2 Å². The van der Waals surface area contributed by atoms with Gasteiger partial charge in [0.05, 0.1) is 31.0 Å². The summed E-state index contributed by atoms with van der Waals surface area (Å²) in [6.45, 7) is 2.18. The first-order valence-corrected chi connectivity index (χ1v) is 14.6. The predicted octanol–water partition coefficient (Wildman–Crippen LogP) is 2.88. The number of aryl methyl sites for hydroxylation is 2. The molecule has 2 aromatic heterocycles. The Bertz CT molecular complexity index is 1460. The van der Waals surface area contributed by atoms with Gasteiger partial charge in [0.25, 0.3) is 5.91 Å². The number of methoxy groups -OCH3 is 1. The molecule has 3 aromatic rings. The number of nitrogens with zero attached hydrogens (tertiary/aromatic N) is 3. The lowest BCUT2D eigenvalue weighted by Crippen LogP contribution is -2.40. The smallest absolute Gasteiger partial charge is 0.301 e. The first-order chi connectivity index (χ1) is 18.6.